The van der Waals surface area contributed by atoms with E-state index in [0.717, 1.165) is 17.7 Å². The second-order valence-electron chi connectivity index (χ2n) is 10.5. The second-order valence-corrected chi connectivity index (χ2v) is 10.9. The Kier molecular flexibility index (Phi) is 6.50. The van der Waals surface area contributed by atoms with Crippen LogP contribution in [-0.4, -0.2) is 60.4 Å². The van der Waals surface area contributed by atoms with Crippen molar-refractivity contribution in [1.82, 2.24) is 15.5 Å². The summed E-state index contributed by atoms with van der Waals surface area (Å²) in [5, 5.41) is 8.74. The first-order valence-corrected chi connectivity index (χ1v) is 12.1. The fourth-order valence-corrected chi connectivity index (χ4v) is 5.46. The third-order valence-corrected chi connectivity index (χ3v) is 7.52. The lowest BCUT2D eigenvalue weighted by atomic mass is 9.67. The molecular formula is C24H32ClN5O4. The zero-order chi connectivity index (χ0) is 24.7. The van der Waals surface area contributed by atoms with Gasteiger partial charge in [0.2, 0.25) is 11.8 Å². The van der Waals surface area contributed by atoms with E-state index in [1.54, 1.807) is 18.2 Å². The van der Waals surface area contributed by atoms with Crippen LogP contribution in [0.1, 0.15) is 46.5 Å². The van der Waals surface area contributed by atoms with Gasteiger partial charge in [-0.1, -0.05) is 32.4 Å². The number of halogens is 1. The third kappa shape index (κ3) is 4.85. The van der Waals surface area contributed by atoms with Crippen LogP contribution in [0.3, 0.4) is 0 Å². The van der Waals surface area contributed by atoms with Gasteiger partial charge in [0.1, 0.15) is 12.1 Å². The number of nitrogens with one attached hydrogen (secondary N) is 3. The van der Waals surface area contributed by atoms with Crippen LogP contribution >= 0.6 is 11.6 Å². The molecule has 0 atom stereocenters. The maximum Gasteiger partial charge on any atom is 0.325 e. The van der Waals surface area contributed by atoms with E-state index in [1.807, 2.05) is 4.90 Å². The molecule has 4 rings (SSSR count). The summed E-state index contributed by atoms with van der Waals surface area (Å²) < 4.78 is 0. The lowest BCUT2D eigenvalue weighted by molar-refractivity contribution is -0.135. The third-order valence-electron chi connectivity index (χ3n) is 7.22. The first kappa shape index (κ1) is 24.3. The Labute approximate surface area is 204 Å². The minimum absolute atomic E-state index is 0.0714. The first-order valence-electron chi connectivity index (χ1n) is 11.7. The molecule has 1 aromatic rings. The summed E-state index contributed by atoms with van der Waals surface area (Å²) in [7, 11) is 0. The molecule has 3 fully saturated rings. The number of anilines is 2. The lowest BCUT2D eigenvalue weighted by Crippen LogP contribution is -2.50. The number of imide groups is 1. The number of urea groups is 1. The van der Waals surface area contributed by atoms with Crippen LogP contribution in [0.4, 0.5) is 16.2 Å². The van der Waals surface area contributed by atoms with Crippen molar-refractivity contribution < 1.29 is 19.2 Å². The highest BCUT2D eigenvalue weighted by atomic mass is 35.5. The summed E-state index contributed by atoms with van der Waals surface area (Å²) in [5.41, 5.74) is 0.415. The molecule has 1 aliphatic carbocycles. The van der Waals surface area contributed by atoms with Gasteiger partial charge in [0.15, 0.2) is 0 Å². The Morgan fingerprint density at radius 1 is 1.21 bits per heavy atom. The van der Waals surface area contributed by atoms with Crippen molar-refractivity contribution in [3.63, 3.8) is 0 Å². The number of hydrogen-bond donors (Lipinski definition) is 3. The zero-order valence-electron chi connectivity index (χ0n) is 19.9. The fraction of sp³-hybridized carbons (Fsp3) is 0.583. The van der Waals surface area contributed by atoms with Crippen LogP contribution in [0.25, 0.3) is 0 Å². The standard InChI is InChI=1S/C24H32ClN5O4/c1-23(2,3)15-6-8-24(9-7-15)21(33)30(22(34)28-24)14-20(32)27-16-4-5-18(17(25)12-16)29-11-10-26-19(31)13-29/h4-5,12,15H,6-11,13-14H2,1-3H3,(H,26,31)(H,27,32)(H,28,34). The maximum atomic E-state index is 13.1. The summed E-state index contributed by atoms with van der Waals surface area (Å²) >= 11 is 6.40. The van der Waals surface area contributed by atoms with Gasteiger partial charge in [0.25, 0.3) is 5.91 Å². The molecule has 2 heterocycles. The normalized spacial score (nSPS) is 25.4. The highest BCUT2D eigenvalue weighted by molar-refractivity contribution is 6.33. The number of benzene rings is 1. The van der Waals surface area contributed by atoms with Crippen molar-refractivity contribution in [2.75, 3.05) is 36.4 Å². The van der Waals surface area contributed by atoms with E-state index in [2.05, 4.69) is 36.7 Å². The molecule has 0 unspecified atom stereocenters. The largest absolute Gasteiger partial charge is 0.359 e. The molecule has 1 spiro atoms. The molecule has 1 saturated carbocycles. The predicted octanol–water partition coefficient (Wildman–Crippen LogP) is 2.74. The van der Waals surface area contributed by atoms with Crippen LogP contribution < -0.4 is 20.9 Å². The Balaban J connectivity index is 1.37. The zero-order valence-corrected chi connectivity index (χ0v) is 20.6. The van der Waals surface area contributed by atoms with Crippen molar-refractivity contribution in [2.24, 2.45) is 11.3 Å². The molecule has 0 bridgehead atoms. The summed E-state index contributed by atoms with van der Waals surface area (Å²) in [6.45, 7) is 7.63. The van der Waals surface area contributed by atoms with E-state index in [9.17, 15) is 19.2 Å². The summed E-state index contributed by atoms with van der Waals surface area (Å²) in [5.74, 6) is -0.382. The smallest absolute Gasteiger partial charge is 0.325 e. The van der Waals surface area contributed by atoms with Gasteiger partial charge in [-0.05, 0) is 55.2 Å². The minimum Gasteiger partial charge on any atom is -0.359 e. The van der Waals surface area contributed by atoms with Gasteiger partial charge in [-0.2, -0.15) is 0 Å². The first-order chi connectivity index (χ1) is 16.0. The van der Waals surface area contributed by atoms with Gasteiger partial charge in [0, 0.05) is 18.8 Å². The molecule has 184 valence electrons. The van der Waals surface area contributed by atoms with Gasteiger partial charge in [-0.25, -0.2) is 4.79 Å². The van der Waals surface area contributed by atoms with E-state index in [1.165, 1.54) is 0 Å². The summed E-state index contributed by atoms with van der Waals surface area (Å²) in [4.78, 5) is 52.9. The van der Waals surface area contributed by atoms with Crippen LogP contribution in [0, 0.1) is 11.3 Å². The highest BCUT2D eigenvalue weighted by Gasteiger charge is 2.53. The Morgan fingerprint density at radius 2 is 1.91 bits per heavy atom. The molecule has 9 nitrogen and oxygen atoms in total. The summed E-state index contributed by atoms with van der Waals surface area (Å²) in [6.07, 6.45) is 2.89. The SMILES string of the molecule is CC(C)(C)C1CCC2(CC1)NC(=O)N(CC(=O)Nc1ccc(N3CCNC(=O)C3)c(Cl)c1)C2=O. The van der Waals surface area contributed by atoms with Crippen LogP contribution in [-0.2, 0) is 14.4 Å². The average Bonchev–Trinajstić information content (AvgIpc) is 2.97. The summed E-state index contributed by atoms with van der Waals surface area (Å²) in [6, 6.07) is 4.51. The molecule has 34 heavy (non-hydrogen) atoms. The van der Waals surface area contributed by atoms with Crippen molar-refractivity contribution in [2.45, 2.75) is 52.0 Å². The van der Waals surface area contributed by atoms with Crippen LogP contribution in [0.5, 0.6) is 0 Å². The van der Waals surface area contributed by atoms with Crippen molar-refractivity contribution >= 4 is 46.7 Å². The Bertz CT molecular complexity index is 1010. The molecule has 3 aliphatic rings. The van der Waals surface area contributed by atoms with E-state index in [4.69, 9.17) is 11.6 Å². The van der Waals surface area contributed by atoms with Crippen LogP contribution in [0.2, 0.25) is 5.02 Å². The molecule has 1 aromatic carbocycles. The average molecular weight is 490 g/mol. The number of amides is 5. The second kappa shape index (κ2) is 9.09. The van der Waals surface area contributed by atoms with E-state index < -0.39 is 17.5 Å². The van der Waals surface area contributed by atoms with Gasteiger partial charge < -0.3 is 20.9 Å². The molecule has 3 N–H and O–H groups in total. The van der Waals surface area contributed by atoms with Crippen molar-refractivity contribution in [3.05, 3.63) is 23.2 Å². The van der Waals surface area contributed by atoms with Crippen molar-refractivity contribution in [1.29, 1.82) is 0 Å². The van der Waals surface area contributed by atoms with Gasteiger partial charge >= 0.3 is 6.03 Å². The predicted molar refractivity (Wildman–Crippen MR) is 130 cm³/mol. The van der Waals surface area contributed by atoms with E-state index in [-0.39, 0.29) is 30.3 Å². The monoisotopic (exact) mass is 489 g/mol. The molecular weight excluding hydrogens is 458 g/mol. The number of hydrogen-bond acceptors (Lipinski definition) is 5. The van der Waals surface area contributed by atoms with Crippen molar-refractivity contribution in [3.8, 4) is 0 Å². The molecule has 5 amide bonds. The van der Waals surface area contributed by atoms with Gasteiger partial charge in [-0.3, -0.25) is 19.3 Å². The number of carbonyl (C=O) groups excluding carboxylic acids is 4. The number of nitrogens with zero attached hydrogens (tertiary/aromatic N) is 2. The molecule has 0 radical (unpaired) electrons. The molecule has 0 aromatic heterocycles. The molecule has 2 saturated heterocycles. The van der Waals surface area contributed by atoms with Gasteiger partial charge in [0.05, 0.1) is 17.3 Å². The quantitative estimate of drug-likeness (QED) is 0.563. The van der Waals surface area contributed by atoms with Crippen LogP contribution in [0.15, 0.2) is 18.2 Å². The fourth-order valence-electron chi connectivity index (χ4n) is 5.16. The highest BCUT2D eigenvalue weighted by Crippen LogP contribution is 2.43. The number of rotatable bonds is 4. The maximum absolute atomic E-state index is 13.1. The molecule has 10 heteroatoms. The van der Waals surface area contributed by atoms with E-state index >= 15 is 0 Å². The minimum atomic E-state index is -0.898. The number of piperazine rings is 1. The number of carbonyl (C=O) groups is 4. The molecule has 2 aliphatic heterocycles. The topological polar surface area (TPSA) is 111 Å². The van der Waals surface area contributed by atoms with Gasteiger partial charge in [-0.15, -0.1) is 0 Å². The Morgan fingerprint density at radius 3 is 2.53 bits per heavy atom. The Hall–Kier alpha value is -2.81. The lowest BCUT2D eigenvalue weighted by Gasteiger charge is -2.40. The van der Waals surface area contributed by atoms with E-state index in [0.29, 0.717) is 48.2 Å².